The van der Waals surface area contributed by atoms with E-state index in [1.165, 1.54) is 11.3 Å². The lowest BCUT2D eigenvalue weighted by Crippen LogP contribution is -2.15. The molecule has 0 aliphatic rings. The molecular weight excluding hydrogens is 296 g/mol. The van der Waals surface area contributed by atoms with Crippen LogP contribution in [0.4, 0.5) is 5.13 Å². The Morgan fingerprint density at radius 3 is 2.91 bits per heavy atom. The minimum Gasteiger partial charge on any atom is -0.302 e. The van der Waals surface area contributed by atoms with Gasteiger partial charge < -0.3 is 5.32 Å². The minimum atomic E-state index is -0.0614. The van der Waals surface area contributed by atoms with E-state index in [4.69, 9.17) is 0 Å². The van der Waals surface area contributed by atoms with Gasteiger partial charge in [-0.25, -0.2) is 4.98 Å². The maximum Gasteiger partial charge on any atom is 0.230 e. The Morgan fingerprint density at radius 2 is 2.18 bits per heavy atom. The number of amides is 1. The first-order valence-electron chi connectivity index (χ1n) is 7.10. The summed E-state index contributed by atoms with van der Waals surface area (Å²) in [7, 11) is 0. The average Bonchev–Trinajstić information content (AvgIpc) is 3.05. The van der Waals surface area contributed by atoms with Crippen molar-refractivity contribution in [1.29, 1.82) is 0 Å². The summed E-state index contributed by atoms with van der Waals surface area (Å²) in [5.41, 5.74) is 2.87. The van der Waals surface area contributed by atoms with Crippen LogP contribution in [-0.2, 0) is 16.6 Å². The van der Waals surface area contributed by atoms with Crippen LogP contribution in [0.5, 0.6) is 0 Å². The highest BCUT2D eigenvalue weighted by molar-refractivity contribution is 7.13. The standard InChI is InChI=1S/C16H18N4OS/c1-16(2,3)13-9-22-15(18-13)19-14(21)7-10-4-5-11-8-17-20-12(11)6-10/h4-6,8-9H,7H2,1-3H3,(H,17,20)(H,18,19,21). The smallest absolute Gasteiger partial charge is 0.230 e. The van der Waals surface area contributed by atoms with Gasteiger partial charge in [0.1, 0.15) is 0 Å². The monoisotopic (exact) mass is 314 g/mol. The third-order valence-corrected chi connectivity index (χ3v) is 4.15. The molecule has 2 aromatic heterocycles. The van der Waals surface area contributed by atoms with Gasteiger partial charge in [-0.05, 0) is 11.6 Å². The highest BCUT2D eigenvalue weighted by Crippen LogP contribution is 2.26. The summed E-state index contributed by atoms with van der Waals surface area (Å²) in [4.78, 5) is 16.6. The summed E-state index contributed by atoms with van der Waals surface area (Å²) in [6.07, 6.45) is 2.09. The highest BCUT2D eigenvalue weighted by atomic mass is 32.1. The van der Waals surface area contributed by atoms with E-state index in [1.807, 2.05) is 23.6 Å². The van der Waals surface area contributed by atoms with Crippen molar-refractivity contribution in [3.63, 3.8) is 0 Å². The summed E-state index contributed by atoms with van der Waals surface area (Å²) in [5.74, 6) is -0.0614. The van der Waals surface area contributed by atoms with Gasteiger partial charge in [-0.15, -0.1) is 11.3 Å². The topological polar surface area (TPSA) is 70.7 Å². The molecule has 0 aliphatic heterocycles. The zero-order chi connectivity index (χ0) is 15.7. The molecule has 0 spiro atoms. The number of rotatable bonds is 3. The molecule has 2 N–H and O–H groups in total. The molecule has 3 aromatic rings. The van der Waals surface area contributed by atoms with E-state index in [0.717, 1.165) is 22.2 Å². The second-order valence-corrected chi connectivity index (χ2v) is 7.16. The molecule has 0 bridgehead atoms. The maximum atomic E-state index is 12.1. The number of thiazole rings is 1. The number of hydrogen-bond donors (Lipinski definition) is 2. The van der Waals surface area contributed by atoms with Crippen molar-refractivity contribution in [2.75, 3.05) is 5.32 Å². The number of benzene rings is 1. The summed E-state index contributed by atoms with van der Waals surface area (Å²) in [6, 6.07) is 5.85. The zero-order valence-electron chi connectivity index (χ0n) is 12.8. The predicted molar refractivity (Wildman–Crippen MR) is 89.2 cm³/mol. The van der Waals surface area contributed by atoms with Gasteiger partial charge in [-0.1, -0.05) is 32.9 Å². The molecule has 0 saturated heterocycles. The first-order chi connectivity index (χ1) is 10.4. The van der Waals surface area contributed by atoms with Crippen LogP contribution < -0.4 is 5.32 Å². The van der Waals surface area contributed by atoms with Crippen molar-refractivity contribution >= 4 is 33.3 Å². The molecular formula is C16H18N4OS. The van der Waals surface area contributed by atoms with Gasteiger partial charge in [0.15, 0.2) is 5.13 Å². The molecule has 3 rings (SSSR count). The van der Waals surface area contributed by atoms with Crippen molar-refractivity contribution in [3.8, 4) is 0 Å². The Labute approximate surface area is 132 Å². The highest BCUT2D eigenvalue weighted by Gasteiger charge is 2.18. The van der Waals surface area contributed by atoms with Gasteiger partial charge in [0.25, 0.3) is 0 Å². The van der Waals surface area contributed by atoms with Crippen molar-refractivity contribution in [3.05, 3.63) is 41.0 Å². The van der Waals surface area contributed by atoms with Crippen LogP contribution in [-0.4, -0.2) is 21.1 Å². The molecule has 1 aromatic carbocycles. The van der Waals surface area contributed by atoms with Crippen LogP contribution in [0.2, 0.25) is 0 Å². The molecule has 5 nitrogen and oxygen atoms in total. The molecule has 6 heteroatoms. The van der Waals surface area contributed by atoms with Crippen LogP contribution in [0.25, 0.3) is 10.9 Å². The van der Waals surface area contributed by atoms with Gasteiger partial charge in [0.2, 0.25) is 5.91 Å². The van der Waals surface area contributed by atoms with Crippen LogP contribution >= 0.6 is 11.3 Å². The van der Waals surface area contributed by atoms with Crippen LogP contribution in [0.3, 0.4) is 0 Å². The number of carbonyl (C=O) groups is 1. The Bertz CT molecular complexity index is 813. The van der Waals surface area contributed by atoms with Crippen molar-refractivity contribution in [2.45, 2.75) is 32.6 Å². The quantitative estimate of drug-likeness (QED) is 0.777. The molecule has 0 unspecified atom stereocenters. The number of carbonyl (C=O) groups excluding carboxylic acids is 1. The molecule has 114 valence electrons. The van der Waals surface area contributed by atoms with Gasteiger partial charge in [0.05, 0.1) is 23.8 Å². The second kappa shape index (κ2) is 5.53. The molecule has 22 heavy (non-hydrogen) atoms. The van der Waals surface area contributed by atoms with Gasteiger partial charge in [0, 0.05) is 16.2 Å². The molecule has 0 saturated carbocycles. The van der Waals surface area contributed by atoms with E-state index >= 15 is 0 Å². The Hall–Kier alpha value is -2.21. The first kappa shape index (κ1) is 14.7. The summed E-state index contributed by atoms with van der Waals surface area (Å²) in [5, 5.41) is 13.4. The maximum absolute atomic E-state index is 12.1. The van der Waals surface area contributed by atoms with E-state index < -0.39 is 0 Å². The first-order valence-corrected chi connectivity index (χ1v) is 7.98. The third-order valence-electron chi connectivity index (χ3n) is 3.39. The van der Waals surface area contributed by atoms with Crippen molar-refractivity contribution in [1.82, 2.24) is 15.2 Å². The largest absolute Gasteiger partial charge is 0.302 e. The number of fused-ring (bicyclic) bond motifs is 1. The fourth-order valence-corrected chi connectivity index (χ4v) is 3.07. The van der Waals surface area contributed by atoms with Gasteiger partial charge in [-0.2, -0.15) is 5.10 Å². The van der Waals surface area contributed by atoms with E-state index in [0.29, 0.717) is 11.6 Å². The van der Waals surface area contributed by atoms with E-state index in [9.17, 15) is 4.79 Å². The lowest BCUT2D eigenvalue weighted by atomic mass is 9.93. The Balaban J connectivity index is 1.68. The number of nitrogens with one attached hydrogen (secondary N) is 2. The van der Waals surface area contributed by atoms with E-state index in [-0.39, 0.29) is 11.3 Å². The second-order valence-electron chi connectivity index (χ2n) is 6.30. The number of H-pyrrole nitrogens is 1. The molecule has 0 radical (unpaired) electrons. The lowest BCUT2D eigenvalue weighted by Gasteiger charge is -2.14. The predicted octanol–water partition coefficient (Wildman–Crippen LogP) is 3.50. The molecule has 0 aliphatic carbocycles. The average molecular weight is 314 g/mol. The van der Waals surface area contributed by atoms with Gasteiger partial charge >= 0.3 is 0 Å². The summed E-state index contributed by atoms with van der Waals surface area (Å²) >= 11 is 1.46. The Kier molecular flexibility index (Phi) is 3.70. The molecule has 0 atom stereocenters. The number of aromatic nitrogens is 3. The number of hydrogen-bond acceptors (Lipinski definition) is 4. The fourth-order valence-electron chi connectivity index (χ4n) is 2.12. The molecule has 1 amide bonds. The third kappa shape index (κ3) is 3.17. The van der Waals surface area contributed by atoms with Crippen molar-refractivity contribution in [2.24, 2.45) is 0 Å². The fraction of sp³-hybridized carbons (Fsp3) is 0.312. The number of aromatic amines is 1. The summed E-state index contributed by atoms with van der Waals surface area (Å²) in [6.45, 7) is 6.31. The van der Waals surface area contributed by atoms with E-state index in [2.05, 4.69) is 41.3 Å². The van der Waals surface area contributed by atoms with Crippen LogP contribution in [0.1, 0.15) is 32.0 Å². The molecule has 2 heterocycles. The minimum absolute atomic E-state index is 0.00880. The zero-order valence-corrected chi connectivity index (χ0v) is 13.6. The van der Waals surface area contributed by atoms with Crippen LogP contribution in [0.15, 0.2) is 29.8 Å². The Morgan fingerprint density at radius 1 is 1.36 bits per heavy atom. The van der Waals surface area contributed by atoms with Crippen LogP contribution in [0, 0.1) is 0 Å². The lowest BCUT2D eigenvalue weighted by molar-refractivity contribution is -0.115. The number of nitrogens with zero attached hydrogens (tertiary/aromatic N) is 2. The normalized spacial score (nSPS) is 11.8. The van der Waals surface area contributed by atoms with Gasteiger partial charge in [-0.3, -0.25) is 9.89 Å². The van der Waals surface area contributed by atoms with Crippen molar-refractivity contribution < 1.29 is 4.79 Å². The summed E-state index contributed by atoms with van der Waals surface area (Å²) < 4.78 is 0. The number of anilines is 1. The van der Waals surface area contributed by atoms with E-state index in [1.54, 1.807) is 6.20 Å². The SMILES string of the molecule is CC(C)(C)c1csc(NC(=O)Cc2ccc3cn[nH]c3c2)n1. The molecule has 0 fully saturated rings.